The molecule has 25 heavy (non-hydrogen) atoms. The van der Waals surface area contributed by atoms with Gasteiger partial charge < -0.3 is 19.5 Å². The molecule has 0 bridgehead atoms. The van der Waals surface area contributed by atoms with E-state index in [4.69, 9.17) is 25.8 Å². The van der Waals surface area contributed by atoms with Crippen molar-refractivity contribution in [3.8, 4) is 17.2 Å². The lowest BCUT2D eigenvalue weighted by molar-refractivity contribution is 0.322. The molecule has 2 aromatic carbocycles. The number of pyridine rings is 1. The minimum atomic E-state index is 0.472. The Morgan fingerprint density at radius 3 is 2.44 bits per heavy atom. The van der Waals surface area contributed by atoms with Gasteiger partial charge in [0.2, 0.25) is 5.75 Å². The Balaban J connectivity index is 1.89. The second kappa shape index (κ2) is 7.49. The number of ether oxygens (including phenoxy) is 3. The second-order valence-electron chi connectivity index (χ2n) is 5.37. The number of methoxy groups -OCH3 is 3. The molecular weight excluding hydrogens is 340 g/mol. The van der Waals surface area contributed by atoms with Gasteiger partial charge in [-0.15, -0.1) is 0 Å². The van der Waals surface area contributed by atoms with Crippen LogP contribution >= 0.6 is 11.6 Å². The highest BCUT2D eigenvalue weighted by molar-refractivity contribution is 6.34. The van der Waals surface area contributed by atoms with Crippen LogP contribution in [0.4, 0.5) is 5.82 Å². The molecule has 0 saturated heterocycles. The van der Waals surface area contributed by atoms with Gasteiger partial charge in [-0.25, -0.2) is 4.98 Å². The lowest BCUT2D eigenvalue weighted by Gasteiger charge is -2.16. The number of aromatic nitrogens is 1. The summed E-state index contributed by atoms with van der Waals surface area (Å²) in [7, 11) is 4.78. The zero-order valence-electron chi connectivity index (χ0n) is 14.3. The smallest absolute Gasteiger partial charge is 0.203 e. The molecule has 0 amide bonds. The number of hydrogen-bond acceptors (Lipinski definition) is 5. The van der Waals surface area contributed by atoms with Crippen molar-refractivity contribution in [2.45, 2.75) is 6.54 Å². The molecule has 0 unspecified atom stereocenters. The molecular formula is C19H19ClN2O3. The van der Waals surface area contributed by atoms with Crippen molar-refractivity contribution >= 4 is 28.2 Å². The summed E-state index contributed by atoms with van der Waals surface area (Å²) in [5, 5.41) is 5.72. The predicted molar refractivity (Wildman–Crippen MR) is 100 cm³/mol. The van der Waals surface area contributed by atoms with Crippen molar-refractivity contribution in [1.82, 2.24) is 4.98 Å². The number of fused-ring (bicyclic) bond motifs is 1. The molecule has 1 heterocycles. The number of nitrogens with one attached hydrogen (secondary N) is 1. The molecule has 0 aliphatic carbocycles. The third-order valence-electron chi connectivity index (χ3n) is 3.94. The van der Waals surface area contributed by atoms with Gasteiger partial charge in [-0.05, 0) is 23.6 Å². The van der Waals surface area contributed by atoms with Crippen LogP contribution in [0.15, 0.2) is 42.5 Å². The van der Waals surface area contributed by atoms with Gasteiger partial charge in [0.05, 0.1) is 21.3 Å². The van der Waals surface area contributed by atoms with Crippen molar-refractivity contribution in [1.29, 1.82) is 0 Å². The molecule has 0 aliphatic rings. The van der Waals surface area contributed by atoms with Crippen LogP contribution in [0.2, 0.25) is 5.15 Å². The van der Waals surface area contributed by atoms with Gasteiger partial charge in [0.15, 0.2) is 11.5 Å². The fraction of sp³-hybridized carbons (Fsp3) is 0.211. The summed E-state index contributed by atoms with van der Waals surface area (Å²) in [5.74, 6) is 2.51. The number of anilines is 1. The van der Waals surface area contributed by atoms with Gasteiger partial charge in [-0.3, -0.25) is 0 Å². The standard InChI is InChI=1S/C19H19ClN2O3/c1-23-15-9-8-13(17(24-2)18(15)25-3)11-21-16-10-12-6-4-5-7-14(12)19(20)22-16/h4-10H,11H2,1-3H3,(H,21,22). The van der Waals surface area contributed by atoms with E-state index < -0.39 is 0 Å². The monoisotopic (exact) mass is 358 g/mol. The summed E-state index contributed by atoms with van der Waals surface area (Å²) < 4.78 is 16.2. The van der Waals surface area contributed by atoms with Crippen molar-refractivity contribution < 1.29 is 14.2 Å². The summed E-state index contributed by atoms with van der Waals surface area (Å²) in [5.41, 5.74) is 0.922. The fourth-order valence-electron chi connectivity index (χ4n) is 2.74. The van der Waals surface area contributed by atoms with Crippen LogP contribution in [0.25, 0.3) is 10.8 Å². The highest BCUT2D eigenvalue weighted by Crippen LogP contribution is 2.40. The molecule has 5 nitrogen and oxygen atoms in total. The van der Waals surface area contributed by atoms with Crippen LogP contribution < -0.4 is 19.5 Å². The molecule has 6 heteroatoms. The average molecular weight is 359 g/mol. The summed E-state index contributed by atoms with van der Waals surface area (Å²) in [4.78, 5) is 4.41. The van der Waals surface area contributed by atoms with Crippen LogP contribution in [0.1, 0.15) is 5.56 Å². The number of nitrogens with zero attached hydrogens (tertiary/aromatic N) is 1. The van der Waals surface area contributed by atoms with Crippen LogP contribution in [-0.2, 0) is 6.54 Å². The number of rotatable bonds is 6. The van der Waals surface area contributed by atoms with Crippen molar-refractivity contribution in [3.63, 3.8) is 0 Å². The molecule has 0 aliphatic heterocycles. The predicted octanol–water partition coefficient (Wildman–Crippen LogP) is 4.53. The number of halogens is 1. The van der Waals surface area contributed by atoms with Crippen molar-refractivity contribution in [3.05, 3.63) is 53.2 Å². The molecule has 130 valence electrons. The maximum Gasteiger partial charge on any atom is 0.203 e. The van der Waals surface area contributed by atoms with Gasteiger partial charge in [0.25, 0.3) is 0 Å². The average Bonchev–Trinajstić information content (AvgIpc) is 2.65. The molecule has 3 aromatic rings. The van der Waals surface area contributed by atoms with E-state index in [-0.39, 0.29) is 0 Å². The van der Waals surface area contributed by atoms with E-state index in [0.29, 0.717) is 34.8 Å². The van der Waals surface area contributed by atoms with Crippen LogP contribution in [0.3, 0.4) is 0 Å². The Morgan fingerprint density at radius 2 is 1.72 bits per heavy atom. The van der Waals surface area contributed by atoms with Gasteiger partial charge in [-0.1, -0.05) is 35.9 Å². The van der Waals surface area contributed by atoms with E-state index in [2.05, 4.69) is 10.3 Å². The number of benzene rings is 2. The summed E-state index contributed by atoms with van der Waals surface area (Å²) in [6.45, 7) is 0.505. The lowest BCUT2D eigenvalue weighted by atomic mass is 10.1. The fourth-order valence-corrected chi connectivity index (χ4v) is 3.00. The molecule has 1 aromatic heterocycles. The van der Waals surface area contributed by atoms with Crippen molar-refractivity contribution in [2.75, 3.05) is 26.6 Å². The molecule has 1 N–H and O–H groups in total. The quantitative estimate of drug-likeness (QED) is 0.656. The lowest BCUT2D eigenvalue weighted by Crippen LogP contribution is -2.05. The highest BCUT2D eigenvalue weighted by Gasteiger charge is 2.15. The first kappa shape index (κ1) is 17.2. The van der Waals surface area contributed by atoms with E-state index in [0.717, 1.165) is 16.3 Å². The largest absolute Gasteiger partial charge is 0.493 e. The zero-order chi connectivity index (χ0) is 17.8. The zero-order valence-corrected chi connectivity index (χ0v) is 15.1. The van der Waals surface area contributed by atoms with Gasteiger partial charge in [0, 0.05) is 17.5 Å². The van der Waals surface area contributed by atoms with E-state index in [1.165, 1.54) is 0 Å². The van der Waals surface area contributed by atoms with Gasteiger partial charge in [0.1, 0.15) is 11.0 Å². The minimum absolute atomic E-state index is 0.472. The topological polar surface area (TPSA) is 52.6 Å². The normalized spacial score (nSPS) is 10.6. The summed E-state index contributed by atoms with van der Waals surface area (Å²) in [6, 6.07) is 13.6. The molecule has 0 radical (unpaired) electrons. The van der Waals surface area contributed by atoms with Gasteiger partial charge >= 0.3 is 0 Å². The number of hydrogen-bond donors (Lipinski definition) is 1. The third kappa shape index (κ3) is 3.42. The maximum atomic E-state index is 6.28. The van der Waals surface area contributed by atoms with Crippen LogP contribution in [0, 0.1) is 0 Å². The Kier molecular flexibility index (Phi) is 5.14. The second-order valence-corrected chi connectivity index (χ2v) is 5.72. The molecule has 3 rings (SSSR count). The van der Waals surface area contributed by atoms with Crippen molar-refractivity contribution in [2.24, 2.45) is 0 Å². The Bertz CT molecular complexity index is 899. The molecule has 0 spiro atoms. The SMILES string of the molecule is COc1ccc(CNc2cc3ccccc3c(Cl)n2)c(OC)c1OC. The molecule has 0 fully saturated rings. The minimum Gasteiger partial charge on any atom is -0.493 e. The van der Waals surface area contributed by atoms with Gasteiger partial charge in [-0.2, -0.15) is 0 Å². The molecule has 0 atom stereocenters. The first-order valence-electron chi connectivity index (χ1n) is 7.75. The maximum absolute atomic E-state index is 6.28. The van der Waals surface area contributed by atoms with E-state index >= 15 is 0 Å². The first-order chi connectivity index (χ1) is 12.2. The Hall–Kier alpha value is -2.66. The summed E-state index contributed by atoms with van der Waals surface area (Å²) in [6.07, 6.45) is 0. The summed E-state index contributed by atoms with van der Waals surface area (Å²) >= 11 is 6.28. The Labute approximate surface area is 151 Å². The highest BCUT2D eigenvalue weighted by atomic mass is 35.5. The van der Waals surface area contributed by atoms with E-state index in [9.17, 15) is 0 Å². The first-order valence-corrected chi connectivity index (χ1v) is 8.12. The van der Waals surface area contributed by atoms with Crippen LogP contribution in [-0.4, -0.2) is 26.3 Å². The van der Waals surface area contributed by atoms with E-state index in [1.54, 1.807) is 21.3 Å². The third-order valence-corrected chi connectivity index (χ3v) is 4.23. The van der Waals surface area contributed by atoms with E-state index in [1.807, 2.05) is 42.5 Å². The Morgan fingerprint density at radius 1 is 0.960 bits per heavy atom. The van der Waals surface area contributed by atoms with Crippen LogP contribution in [0.5, 0.6) is 17.2 Å². The molecule has 0 saturated carbocycles.